The molecule has 3 saturated carbocycles. The van der Waals surface area contributed by atoms with Crippen LogP contribution in [0.3, 0.4) is 0 Å². The Morgan fingerprint density at radius 1 is 1.14 bits per heavy atom. The molecule has 5 rings (SSSR count). The third-order valence-electron chi connectivity index (χ3n) is 9.59. The van der Waals surface area contributed by atoms with E-state index < -0.39 is 11.4 Å². The molecule has 4 aliphatic carbocycles. The lowest BCUT2D eigenvalue weighted by molar-refractivity contribution is -0.213. The number of hydrogen-bond acceptors (Lipinski definition) is 4. The van der Waals surface area contributed by atoms with Crippen LogP contribution in [0.2, 0.25) is 0 Å². The van der Waals surface area contributed by atoms with Gasteiger partial charge >= 0.3 is 0 Å². The molecule has 0 radical (unpaired) electrons. The van der Waals surface area contributed by atoms with Crippen molar-refractivity contribution in [1.82, 2.24) is 0 Å². The van der Waals surface area contributed by atoms with Crippen LogP contribution in [0, 0.1) is 28.6 Å². The first-order valence-electron chi connectivity index (χ1n) is 11.3. The molecule has 0 aromatic heterocycles. The molecule has 4 nitrogen and oxygen atoms in total. The van der Waals surface area contributed by atoms with Crippen molar-refractivity contribution in [3.05, 3.63) is 11.6 Å². The maximum Gasteiger partial charge on any atom is 0.164 e. The second-order valence-electron chi connectivity index (χ2n) is 11.2. The van der Waals surface area contributed by atoms with Crippen molar-refractivity contribution in [2.75, 3.05) is 0 Å². The molecule has 0 unspecified atom stereocenters. The number of ether oxygens (including phenoxy) is 2. The van der Waals surface area contributed by atoms with Crippen molar-refractivity contribution in [3.63, 3.8) is 0 Å². The van der Waals surface area contributed by atoms with E-state index in [4.69, 9.17) is 9.47 Å². The fourth-order valence-electron chi connectivity index (χ4n) is 8.39. The molecule has 0 amide bonds. The summed E-state index contributed by atoms with van der Waals surface area (Å²) in [4.78, 5) is 13.0. The summed E-state index contributed by atoms with van der Waals surface area (Å²) < 4.78 is 12.8. The van der Waals surface area contributed by atoms with Crippen molar-refractivity contribution in [2.45, 2.75) is 103 Å². The van der Waals surface area contributed by atoms with Crippen LogP contribution in [0.25, 0.3) is 0 Å². The quantitative estimate of drug-likeness (QED) is 0.677. The molecule has 28 heavy (non-hydrogen) atoms. The van der Waals surface area contributed by atoms with Crippen molar-refractivity contribution in [2.24, 2.45) is 28.6 Å². The van der Waals surface area contributed by atoms with E-state index >= 15 is 0 Å². The Labute approximate surface area is 169 Å². The molecule has 8 atom stereocenters. The summed E-state index contributed by atoms with van der Waals surface area (Å²) in [7, 11) is 0. The van der Waals surface area contributed by atoms with E-state index in [1.165, 1.54) is 5.57 Å². The normalized spacial score (nSPS) is 54.2. The van der Waals surface area contributed by atoms with Gasteiger partial charge in [-0.15, -0.1) is 0 Å². The molecule has 4 fully saturated rings. The SMILES string of the molecule is CC(=O)[C@@]12OC(C)(C)O[C@@H]1C[C@H]1[C@H]3CC=C4C[C@@H](O)CC[C@]4(C)[C@@H]3CC[C@@]12C. The number of carbonyl (C=O) groups is 1. The minimum Gasteiger partial charge on any atom is -0.393 e. The lowest BCUT2D eigenvalue weighted by Crippen LogP contribution is -2.59. The lowest BCUT2D eigenvalue weighted by Gasteiger charge is -2.59. The van der Waals surface area contributed by atoms with Crippen LogP contribution < -0.4 is 0 Å². The summed E-state index contributed by atoms with van der Waals surface area (Å²) in [6, 6.07) is 0. The predicted octanol–water partition coefficient (Wildman–Crippen LogP) is 4.40. The third-order valence-corrected chi connectivity index (χ3v) is 9.59. The zero-order valence-electron chi connectivity index (χ0n) is 18.1. The molecule has 1 saturated heterocycles. The van der Waals surface area contributed by atoms with Crippen LogP contribution in [0.15, 0.2) is 11.6 Å². The summed E-state index contributed by atoms with van der Waals surface area (Å²) in [5, 5.41) is 10.2. The van der Waals surface area contributed by atoms with Gasteiger partial charge in [0.25, 0.3) is 0 Å². The van der Waals surface area contributed by atoms with Crippen LogP contribution in [-0.2, 0) is 14.3 Å². The smallest absolute Gasteiger partial charge is 0.164 e. The van der Waals surface area contributed by atoms with Gasteiger partial charge in [0.15, 0.2) is 17.2 Å². The molecule has 1 heterocycles. The molecule has 156 valence electrons. The Hall–Kier alpha value is -0.710. The first kappa shape index (κ1) is 19.3. The fraction of sp³-hybridized carbons (Fsp3) is 0.875. The average molecular weight is 389 g/mol. The van der Waals surface area contributed by atoms with Gasteiger partial charge in [0.05, 0.1) is 12.2 Å². The Balaban J connectivity index is 1.54. The predicted molar refractivity (Wildman–Crippen MR) is 107 cm³/mol. The van der Waals surface area contributed by atoms with Gasteiger partial charge in [-0.25, -0.2) is 0 Å². The summed E-state index contributed by atoms with van der Waals surface area (Å²) >= 11 is 0. The van der Waals surface area contributed by atoms with Crippen molar-refractivity contribution >= 4 is 5.78 Å². The Bertz CT molecular complexity index is 741. The molecule has 0 bridgehead atoms. The van der Waals surface area contributed by atoms with E-state index in [0.29, 0.717) is 17.8 Å². The summed E-state index contributed by atoms with van der Waals surface area (Å²) in [6.07, 6.45) is 9.19. The maximum absolute atomic E-state index is 13.0. The van der Waals surface area contributed by atoms with Gasteiger partial charge in [0.2, 0.25) is 0 Å². The molecule has 1 N–H and O–H groups in total. The van der Waals surface area contributed by atoms with Crippen LogP contribution in [0.5, 0.6) is 0 Å². The van der Waals surface area contributed by atoms with Crippen LogP contribution in [-0.4, -0.2) is 34.5 Å². The van der Waals surface area contributed by atoms with Gasteiger partial charge in [0.1, 0.15) is 0 Å². The maximum atomic E-state index is 13.0. The molecular weight excluding hydrogens is 352 g/mol. The summed E-state index contributed by atoms with van der Waals surface area (Å²) in [5.41, 5.74) is 0.754. The zero-order chi connectivity index (χ0) is 20.1. The highest BCUT2D eigenvalue weighted by molar-refractivity contribution is 5.88. The topological polar surface area (TPSA) is 55.8 Å². The number of allylic oxidation sites excluding steroid dienone is 1. The molecule has 0 aromatic carbocycles. The molecule has 1 aliphatic heterocycles. The van der Waals surface area contributed by atoms with E-state index in [-0.39, 0.29) is 28.8 Å². The lowest BCUT2D eigenvalue weighted by atomic mass is 9.46. The number of carbonyl (C=O) groups excluding carboxylic acids is 1. The van der Waals surface area contributed by atoms with Gasteiger partial charge in [-0.1, -0.05) is 25.5 Å². The first-order chi connectivity index (χ1) is 13.0. The van der Waals surface area contributed by atoms with Gasteiger partial charge in [-0.05, 0) is 88.9 Å². The highest BCUT2D eigenvalue weighted by Gasteiger charge is 2.74. The number of aliphatic hydroxyl groups is 1. The number of fused-ring (bicyclic) bond motifs is 7. The third kappa shape index (κ3) is 2.20. The van der Waals surface area contributed by atoms with E-state index in [0.717, 1.165) is 44.9 Å². The Morgan fingerprint density at radius 2 is 1.89 bits per heavy atom. The second-order valence-corrected chi connectivity index (χ2v) is 11.2. The van der Waals surface area contributed by atoms with Gasteiger partial charge in [-0.3, -0.25) is 4.79 Å². The van der Waals surface area contributed by atoms with Gasteiger partial charge in [0, 0.05) is 5.41 Å². The number of rotatable bonds is 1. The highest BCUT2D eigenvalue weighted by atomic mass is 16.8. The minimum absolute atomic E-state index is 0.125. The molecule has 5 aliphatic rings. The first-order valence-corrected chi connectivity index (χ1v) is 11.3. The standard InChI is InChI=1S/C24H36O4/c1-14(25)24-20(27-21(2,3)28-24)13-19-17-7-6-15-12-16(26)8-10-22(15,4)18(17)9-11-23(19,24)5/h6,16-20,26H,7-13H2,1-5H3/t16-,17-,18+,19-,20+,22-,23-,24+/m0/s1. The number of Topliss-reactive ketones (excluding diaryl/α,β-unsaturated/α-hetero) is 1. The number of aliphatic hydroxyl groups excluding tert-OH is 1. The number of hydrogen-bond donors (Lipinski definition) is 1. The zero-order valence-corrected chi connectivity index (χ0v) is 18.1. The highest BCUT2D eigenvalue weighted by Crippen LogP contribution is 2.70. The van der Waals surface area contributed by atoms with Crippen molar-refractivity contribution < 1.29 is 19.4 Å². The van der Waals surface area contributed by atoms with Crippen LogP contribution in [0.1, 0.15) is 79.6 Å². The van der Waals surface area contributed by atoms with E-state index in [1.807, 2.05) is 13.8 Å². The Morgan fingerprint density at radius 3 is 2.61 bits per heavy atom. The molecule has 0 spiro atoms. The van der Waals surface area contributed by atoms with Crippen molar-refractivity contribution in [3.8, 4) is 0 Å². The molecular formula is C24H36O4. The van der Waals surface area contributed by atoms with Gasteiger partial charge in [-0.2, -0.15) is 0 Å². The summed E-state index contributed by atoms with van der Waals surface area (Å²) in [6.45, 7) is 10.4. The van der Waals surface area contributed by atoms with Crippen LogP contribution in [0.4, 0.5) is 0 Å². The monoisotopic (exact) mass is 388 g/mol. The average Bonchev–Trinajstić information content (AvgIpc) is 3.02. The Kier molecular flexibility index (Phi) is 3.93. The van der Waals surface area contributed by atoms with E-state index in [1.54, 1.807) is 6.92 Å². The van der Waals surface area contributed by atoms with E-state index in [9.17, 15) is 9.90 Å². The second kappa shape index (κ2) is 5.70. The van der Waals surface area contributed by atoms with Crippen molar-refractivity contribution in [1.29, 1.82) is 0 Å². The minimum atomic E-state index is -0.792. The fourth-order valence-corrected chi connectivity index (χ4v) is 8.39. The van der Waals surface area contributed by atoms with Gasteiger partial charge < -0.3 is 14.6 Å². The largest absolute Gasteiger partial charge is 0.393 e. The summed E-state index contributed by atoms with van der Waals surface area (Å²) in [5.74, 6) is 1.14. The van der Waals surface area contributed by atoms with E-state index in [2.05, 4.69) is 19.9 Å². The number of ketones is 1. The molecule has 4 heteroatoms. The van der Waals surface area contributed by atoms with Crippen LogP contribution >= 0.6 is 0 Å². The molecule has 0 aromatic rings.